The lowest BCUT2D eigenvalue weighted by molar-refractivity contribution is -0.0217. The molecule has 1 aliphatic heterocycles. The van der Waals surface area contributed by atoms with Crippen molar-refractivity contribution in [2.75, 3.05) is 7.05 Å². The van der Waals surface area contributed by atoms with Gasteiger partial charge in [0.05, 0.1) is 23.7 Å². The molecule has 1 atom stereocenters. The highest BCUT2D eigenvalue weighted by Crippen LogP contribution is 2.29. The minimum atomic E-state index is 0.0546. The molecule has 1 aromatic heterocycles. The number of aromatic nitrogens is 2. The lowest BCUT2D eigenvalue weighted by atomic mass is 10.1. The number of imidazole rings is 1. The summed E-state index contributed by atoms with van der Waals surface area (Å²) in [5.74, 6) is 0. The Morgan fingerprint density at radius 3 is 3.06 bits per heavy atom. The Balaban J connectivity index is 1.89. The van der Waals surface area contributed by atoms with E-state index in [1.807, 2.05) is 13.4 Å². The second kappa shape index (κ2) is 4.55. The van der Waals surface area contributed by atoms with Gasteiger partial charge in [-0.15, -0.1) is 0 Å². The predicted molar refractivity (Wildman–Crippen MR) is 63.2 cm³/mol. The van der Waals surface area contributed by atoms with Crippen LogP contribution in [0.3, 0.4) is 0 Å². The van der Waals surface area contributed by atoms with E-state index in [1.165, 1.54) is 0 Å². The summed E-state index contributed by atoms with van der Waals surface area (Å²) in [6, 6.07) is 0. The van der Waals surface area contributed by atoms with Gasteiger partial charge >= 0.3 is 0 Å². The molecule has 1 unspecified atom stereocenters. The Morgan fingerprint density at radius 1 is 1.62 bits per heavy atom. The van der Waals surface area contributed by atoms with Gasteiger partial charge in [-0.3, -0.25) is 0 Å². The Hall–Kier alpha value is -0.870. The van der Waals surface area contributed by atoms with Gasteiger partial charge in [0.1, 0.15) is 0 Å². The first-order chi connectivity index (χ1) is 7.59. The van der Waals surface area contributed by atoms with Gasteiger partial charge < -0.3 is 14.6 Å². The third-order valence-corrected chi connectivity index (χ3v) is 3.01. The van der Waals surface area contributed by atoms with Gasteiger partial charge in [0, 0.05) is 19.3 Å². The monoisotopic (exact) mass is 223 g/mol. The van der Waals surface area contributed by atoms with Gasteiger partial charge in [-0.1, -0.05) is 0 Å². The number of rotatable bonds is 4. The van der Waals surface area contributed by atoms with Gasteiger partial charge in [0.15, 0.2) is 0 Å². The van der Waals surface area contributed by atoms with Crippen molar-refractivity contribution in [3.63, 3.8) is 0 Å². The van der Waals surface area contributed by atoms with Gasteiger partial charge in [-0.25, -0.2) is 4.98 Å². The van der Waals surface area contributed by atoms with Crippen molar-refractivity contribution in [3.8, 4) is 0 Å². The number of nitrogens with zero attached hydrogens (tertiary/aromatic N) is 2. The zero-order valence-electron chi connectivity index (χ0n) is 10.4. The average Bonchev–Trinajstić information content (AvgIpc) is 2.75. The number of ether oxygens (including phenoxy) is 1. The third-order valence-electron chi connectivity index (χ3n) is 3.01. The van der Waals surface area contributed by atoms with Crippen LogP contribution in [0, 0.1) is 0 Å². The molecule has 0 aromatic carbocycles. The largest absolute Gasteiger partial charge is 0.370 e. The number of hydrogen-bond donors (Lipinski definition) is 1. The van der Waals surface area contributed by atoms with Crippen molar-refractivity contribution in [2.45, 2.75) is 51.5 Å². The van der Waals surface area contributed by atoms with E-state index >= 15 is 0 Å². The van der Waals surface area contributed by atoms with Crippen LogP contribution in [-0.4, -0.2) is 28.3 Å². The zero-order chi connectivity index (χ0) is 11.6. The van der Waals surface area contributed by atoms with E-state index in [9.17, 15) is 0 Å². The quantitative estimate of drug-likeness (QED) is 0.842. The van der Waals surface area contributed by atoms with Crippen molar-refractivity contribution in [3.05, 3.63) is 18.2 Å². The van der Waals surface area contributed by atoms with Crippen LogP contribution < -0.4 is 5.32 Å². The van der Waals surface area contributed by atoms with Crippen LogP contribution in [0.4, 0.5) is 0 Å². The number of nitrogens with one attached hydrogen (secondary N) is 1. The molecule has 1 N–H and O–H groups in total. The topological polar surface area (TPSA) is 39.1 Å². The minimum Gasteiger partial charge on any atom is -0.370 e. The summed E-state index contributed by atoms with van der Waals surface area (Å²) in [7, 11) is 1.93. The Bertz CT molecular complexity index is 346. The maximum Gasteiger partial charge on any atom is 0.0950 e. The first-order valence-electron chi connectivity index (χ1n) is 5.92. The molecule has 0 bridgehead atoms. The van der Waals surface area contributed by atoms with E-state index in [2.05, 4.69) is 34.9 Å². The molecule has 0 amide bonds. The summed E-state index contributed by atoms with van der Waals surface area (Å²) in [6.07, 6.45) is 6.61. The highest BCUT2D eigenvalue weighted by atomic mass is 16.5. The first kappa shape index (κ1) is 11.6. The van der Waals surface area contributed by atoms with E-state index in [1.54, 1.807) is 0 Å². The fourth-order valence-electron chi connectivity index (χ4n) is 2.22. The zero-order valence-corrected chi connectivity index (χ0v) is 10.4. The SMILES string of the molecule is CNCc1cn(CC2CCC(C)(C)O2)cn1. The second-order valence-electron chi connectivity index (χ2n) is 5.13. The van der Waals surface area contributed by atoms with Crippen LogP contribution in [-0.2, 0) is 17.8 Å². The Labute approximate surface area is 97.0 Å². The molecule has 16 heavy (non-hydrogen) atoms. The van der Waals surface area contributed by atoms with Crippen molar-refractivity contribution in [1.82, 2.24) is 14.9 Å². The summed E-state index contributed by atoms with van der Waals surface area (Å²) in [4.78, 5) is 4.33. The van der Waals surface area contributed by atoms with Gasteiger partial charge in [0.25, 0.3) is 0 Å². The summed E-state index contributed by atoms with van der Waals surface area (Å²) < 4.78 is 8.08. The Kier molecular flexibility index (Phi) is 3.30. The lowest BCUT2D eigenvalue weighted by Crippen LogP contribution is -2.22. The fraction of sp³-hybridized carbons (Fsp3) is 0.750. The molecular weight excluding hydrogens is 202 g/mol. The van der Waals surface area contributed by atoms with Crippen LogP contribution in [0.2, 0.25) is 0 Å². The molecular formula is C12H21N3O. The first-order valence-corrected chi connectivity index (χ1v) is 5.92. The molecule has 4 heteroatoms. The molecule has 1 aliphatic rings. The van der Waals surface area contributed by atoms with Gasteiger partial charge in [-0.2, -0.15) is 0 Å². The smallest absolute Gasteiger partial charge is 0.0950 e. The van der Waals surface area contributed by atoms with Crippen molar-refractivity contribution >= 4 is 0 Å². The van der Waals surface area contributed by atoms with Crippen LogP contribution in [0.15, 0.2) is 12.5 Å². The molecule has 1 aromatic rings. The summed E-state index contributed by atoms with van der Waals surface area (Å²) in [6.45, 7) is 6.06. The normalized spacial score (nSPS) is 23.8. The predicted octanol–water partition coefficient (Wildman–Crippen LogP) is 1.56. The molecule has 90 valence electrons. The van der Waals surface area contributed by atoms with E-state index in [4.69, 9.17) is 4.74 Å². The lowest BCUT2D eigenvalue weighted by Gasteiger charge is -2.19. The van der Waals surface area contributed by atoms with Crippen LogP contribution in [0.5, 0.6) is 0 Å². The second-order valence-corrected chi connectivity index (χ2v) is 5.13. The maximum atomic E-state index is 5.96. The molecule has 2 heterocycles. The highest BCUT2D eigenvalue weighted by Gasteiger charge is 2.31. The molecule has 4 nitrogen and oxygen atoms in total. The molecule has 1 fully saturated rings. The van der Waals surface area contributed by atoms with Gasteiger partial charge in [0.2, 0.25) is 0 Å². The van der Waals surface area contributed by atoms with E-state index in [-0.39, 0.29) is 5.60 Å². The van der Waals surface area contributed by atoms with Gasteiger partial charge in [-0.05, 0) is 33.7 Å². The molecule has 2 rings (SSSR count). The summed E-state index contributed by atoms with van der Waals surface area (Å²) in [5.41, 5.74) is 1.14. The van der Waals surface area contributed by atoms with Crippen molar-refractivity contribution in [2.24, 2.45) is 0 Å². The summed E-state index contributed by atoms with van der Waals surface area (Å²) in [5, 5.41) is 3.10. The van der Waals surface area contributed by atoms with Crippen molar-refractivity contribution in [1.29, 1.82) is 0 Å². The fourth-order valence-corrected chi connectivity index (χ4v) is 2.22. The maximum absolute atomic E-state index is 5.96. The minimum absolute atomic E-state index is 0.0546. The Morgan fingerprint density at radius 2 is 2.44 bits per heavy atom. The van der Waals surface area contributed by atoms with Crippen LogP contribution in [0.25, 0.3) is 0 Å². The standard InChI is InChI=1S/C12H21N3O/c1-12(2)5-4-11(16-12)8-15-7-10(6-13-3)14-9-15/h7,9,11,13H,4-6,8H2,1-3H3. The van der Waals surface area contributed by atoms with Crippen LogP contribution in [0.1, 0.15) is 32.4 Å². The number of hydrogen-bond acceptors (Lipinski definition) is 3. The van der Waals surface area contributed by atoms with Crippen LogP contribution >= 0.6 is 0 Å². The molecule has 0 aliphatic carbocycles. The molecule has 1 saturated heterocycles. The molecule has 0 saturated carbocycles. The highest BCUT2D eigenvalue weighted by molar-refractivity contribution is 4.96. The third kappa shape index (κ3) is 2.83. The molecule has 0 radical (unpaired) electrons. The van der Waals surface area contributed by atoms with E-state index < -0.39 is 0 Å². The van der Waals surface area contributed by atoms with E-state index in [0.29, 0.717) is 6.10 Å². The summed E-state index contributed by atoms with van der Waals surface area (Å²) >= 11 is 0. The average molecular weight is 223 g/mol. The molecule has 0 spiro atoms. The van der Waals surface area contributed by atoms with Crippen molar-refractivity contribution < 1.29 is 4.74 Å². The van der Waals surface area contributed by atoms with E-state index in [0.717, 1.165) is 31.6 Å².